The topological polar surface area (TPSA) is 41.5 Å². The van der Waals surface area contributed by atoms with Crippen LogP contribution in [0.25, 0.3) is 0 Å². The van der Waals surface area contributed by atoms with Crippen LogP contribution in [0.4, 0.5) is 0 Å². The van der Waals surface area contributed by atoms with Crippen molar-refractivity contribution in [3.8, 4) is 5.75 Å². The third-order valence-electron chi connectivity index (χ3n) is 3.61. The number of benzene rings is 1. The van der Waals surface area contributed by atoms with E-state index in [1.165, 1.54) is 16.7 Å². The normalized spacial score (nSPS) is 19.8. The van der Waals surface area contributed by atoms with E-state index in [9.17, 15) is 5.11 Å². The SMILES string of the molecule is Cc1ccc2c(c1C)OC(C(O)CNC(C)C)C2. The second kappa shape index (κ2) is 5.29. The summed E-state index contributed by atoms with van der Waals surface area (Å²) in [5, 5.41) is 13.4. The highest BCUT2D eigenvalue weighted by molar-refractivity contribution is 5.48. The summed E-state index contributed by atoms with van der Waals surface area (Å²) >= 11 is 0. The highest BCUT2D eigenvalue weighted by Gasteiger charge is 2.30. The van der Waals surface area contributed by atoms with Gasteiger partial charge >= 0.3 is 0 Å². The van der Waals surface area contributed by atoms with Crippen LogP contribution in [0.2, 0.25) is 0 Å². The molecule has 3 heteroatoms. The summed E-state index contributed by atoms with van der Waals surface area (Å²) in [4.78, 5) is 0. The van der Waals surface area contributed by atoms with Gasteiger partial charge in [-0.05, 0) is 30.5 Å². The van der Waals surface area contributed by atoms with Gasteiger partial charge in [-0.1, -0.05) is 26.0 Å². The maximum atomic E-state index is 10.1. The Kier molecular flexibility index (Phi) is 3.93. The first-order chi connectivity index (χ1) is 8.49. The number of hydrogen-bond acceptors (Lipinski definition) is 3. The van der Waals surface area contributed by atoms with E-state index in [-0.39, 0.29) is 6.10 Å². The van der Waals surface area contributed by atoms with E-state index in [1.54, 1.807) is 0 Å². The second-order valence-corrected chi connectivity index (χ2v) is 5.49. The molecular formula is C15H23NO2. The van der Waals surface area contributed by atoms with Crippen LogP contribution >= 0.6 is 0 Å². The monoisotopic (exact) mass is 249 g/mol. The predicted molar refractivity (Wildman–Crippen MR) is 73.2 cm³/mol. The van der Waals surface area contributed by atoms with Crippen LogP contribution in [-0.2, 0) is 6.42 Å². The molecule has 1 heterocycles. The Morgan fingerprint density at radius 2 is 2.11 bits per heavy atom. The molecule has 1 aromatic rings. The summed E-state index contributed by atoms with van der Waals surface area (Å²) in [5.74, 6) is 0.976. The van der Waals surface area contributed by atoms with Crippen molar-refractivity contribution in [2.24, 2.45) is 0 Å². The van der Waals surface area contributed by atoms with Gasteiger partial charge in [-0.2, -0.15) is 0 Å². The summed E-state index contributed by atoms with van der Waals surface area (Å²) < 4.78 is 5.92. The molecule has 1 aliphatic heterocycles. The van der Waals surface area contributed by atoms with Crippen LogP contribution < -0.4 is 10.1 Å². The van der Waals surface area contributed by atoms with Crippen molar-refractivity contribution in [3.63, 3.8) is 0 Å². The molecule has 0 aromatic heterocycles. The number of aryl methyl sites for hydroxylation is 1. The molecule has 1 aliphatic rings. The van der Waals surface area contributed by atoms with E-state index < -0.39 is 6.10 Å². The summed E-state index contributed by atoms with van der Waals surface area (Å²) in [6, 6.07) is 4.62. The van der Waals surface area contributed by atoms with Crippen molar-refractivity contribution >= 4 is 0 Å². The van der Waals surface area contributed by atoms with Gasteiger partial charge in [-0.25, -0.2) is 0 Å². The summed E-state index contributed by atoms with van der Waals surface area (Å²) in [7, 11) is 0. The van der Waals surface area contributed by atoms with Crippen LogP contribution in [0.5, 0.6) is 5.75 Å². The number of ether oxygens (including phenoxy) is 1. The fourth-order valence-electron chi connectivity index (χ4n) is 2.28. The Bertz CT molecular complexity index is 429. The molecule has 0 aliphatic carbocycles. The zero-order valence-electron chi connectivity index (χ0n) is 11.7. The number of aliphatic hydroxyl groups is 1. The molecule has 2 unspecified atom stereocenters. The van der Waals surface area contributed by atoms with Gasteiger partial charge in [0.1, 0.15) is 18.0 Å². The third-order valence-corrected chi connectivity index (χ3v) is 3.61. The molecule has 0 spiro atoms. The van der Waals surface area contributed by atoms with Gasteiger partial charge < -0.3 is 15.2 Å². The fourth-order valence-corrected chi connectivity index (χ4v) is 2.28. The van der Waals surface area contributed by atoms with E-state index in [0.717, 1.165) is 12.2 Å². The number of rotatable bonds is 4. The van der Waals surface area contributed by atoms with Gasteiger partial charge in [0.15, 0.2) is 0 Å². The van der Waals surface area contributed by atoms with Crippen molar-refractivity contribution in [3.05, 3.63) is 28.8 Å². The van der Waals surface area contributed by atoms with Crippen LogP contribution in [0.15, 0.2) is 12.1 Å². The van der Waals surface area contributed by atoms with Gasteiger partial charge in [0, 0.05) is 19.0 Å². The average molecular weight is 249 g/mol. The predicted octanol–water partition coefficient (Wildman–Crippen LogP) is 1.97. The van der Waals surface area contributed by atoms with E-state index >= 15 is 0 Å². The lowest BCUT2D eigenvalue weighted by Gasteiger charge is -2.20. The van der Waals surface area contributed by atoms with Crippen LogP contribution in [0, 0.1) is 13.8 Å². The average Bonchev–Trinajstić information content (AvgIpc) is 2.75. The molecule has 2 rings (SSSR count). The van der Waals surface area contributed by atoms with Gasteiger partial charge in [-0.15, -0.1) is 0 Å². The molecule has 0 fully saturated rings. The van der Waals surface area contributed by atoms with E-state index in [4.69, 9.17) is 4.74 Å². The van der Waals surface area contributed by atoms with Crippen LogP contribution in [0.3, 0.4) is 0 Å². The first kappa shape index (κ1) is 13.4. The number of fused-ring (bicyclic) bond motifs is 1. The van der Waals surface area contributed by atoms with Crippen LogP contribution in [-0.4, -0.2) is 29.9 Å². The summed E-state index contributed by atoms with van der Waals surface area (Å²) in [6.45, 7) is 8.89. The highest BCUT2D eigenvalue weighted by atomic mass is 16.5. The molecule has 3 nitrogen and oxygen atoms in total. The zero-order chi connectivity index (χ0) is 13.3. The van der Waals surface area contributed by atoms with Crippen molar-refractivity contribution in [2.45, 2.75) is 52.4 Å². The standard InChI is InChI=1S/C15H23NO2/c1-9(2)16-8-13(17)14-7-12-6-5-10(3)11(4)15(12)18-14/h5-6,9,13-14,16-17H,7-8H2,1-4H3. The molecule has 18 heavy (non-hydrogen) atoms. The lowest BCUT2D eigenvalue weighted by Crippen LogP contribution is -2.41. The Morgan fingerprint density at radius 3 is 2.78 bits per heavy atom. The summed E-state index contributed by atoms with van der Waals surface area (Å²) in [6.07, 6.45) is 0.225. The summed E-state index contributed by atoms with van der Waals surface area (Å²) in [5.41, 5.74) is 3.65. The van der Waals surface area contributed by atoms with Crippen molar-refractivity contribution < 1.29 is 9.84 Å². The second-order valence-electron chi connectivity index (χ2n) is 5.49. The van der Waals surface area contributed by atoms with Crippen molar-refractivity contribution in [2.75, 3.05) is 6.54 Å². The molecule has 0 bridgehead atoms. The number of nitrogens with one attached hydrogen (secondary N) is 1. The van der Waals surface area contributed by atoms with Gasteiger partial charge in [0.2, 0.25) is 0 Å². The molecule has 0 saturated heterocycles. The number of aliphatic hydroxyl groups excluding tert-OH is 1. The highest BCUT2D eigenvalue weighted by Crippen LogP contribution is 2.34. The minimum absolute atomic E-state index is 0.119. The number of hydrogen-bond donors (Lipinski definition) is 2. The molecule has 2 atom stereocenters. The maximum absolute atomic E-state index is 10.1. The van der Waals surface area contributed by atoms with Crippen LogP contribution in [0.1, 0.15) is 30.5 Å². The lowest BCUT2D eigenvalue weighted by molar-refractivity contribution is 0.0485. The smallest absolute Gasteiger partial charge is 0.130 e. The van der Waals surface area contributed by atoms with Gasteiger partial charge in [0.05, 0.1) is 0 Å². The molecular weight excluding hydrogens is 226 g/mol. The Balaban J connectivity index is 2.03. The Hall–Kier alpha value is -1.06. The van der Waals surface area contributed by atoms with Crippen molar-refractivity contribution in [1.29, 1.82) is 0 Å². The first-order valence-electron chi connectivity index (χ1n) is 6.66. The zero-order valence-corrected chi connectivity index (χ0v) is 11.7. The van der Waals surface area contributed by atoms with E-state index in [1.807, 2.05) is 0 Å². The minimum atomic E-state index is -0.459. The minimum Gasteiger partial charge on any atom is -0.487 e. The molecule has 0 amide bonds. The largest absolute Gasteiger partial charge is 0.487 e. The third kappa shape index (κ3) is 2.68. The quantitative estimate of drug-likeness (QED) is 0.857. The molecule has 1 aromatic carbocycles. The molecule has 0 radical (unpaired) electrons. The van der Waals surface area contributed by atoms with Crippen molar-refractivity contribution in [1.82, 2.24) is 5.32 Å². The lowest BCUT2D eigenvalue weighted by atomic mass is 10.0. The molecule has 0 saturated carbocycles. The Labute approximate surface area is 109 Å². The molecule has 100 valence electrons. The first-order valence-corrected chi connectivity index (χ1v) is 6.66. The van der Waals surface area contributed by atoms with Gasteiger partial charge in [-0.3, -0.25) is 0 Å². The van der Waals surface area contributed by atoms with E-state index in [0.29, 0.717) is 12.6 Å². The van der Waals surface area contributed by atoms with E-state index in [2.05, 4.69) is 45.1 Å². The molecule has 2 N–H and O–H groups in total. The Morgan fingerprint density at radius 1 is 1.39 bits per heavy atom. The fraction of sp³-hybridized carbons (Fsp3) is 0.600. The maximum Gasteiger partial charge on any atom is 0.130 e. The van der Waals surface area contributed by atoms with Gasteiger partial charge in [0.25, 0.3) is 0 Å².